The third kappa shape index (κ3) is 2.89. The van der Waals surface area contributed by atoms with Gasteiger partial charge in [-0.1, -0.05) is 0 Å². The molecular formula is C15H15F6O7S-. The number of hydrogen-bond acceptors (Lipinski definition) is 7. The molecule has 0 aromatic rings. The van der Waals surface area contributed by atoms with Crippen molar-refractivity contribution in [1.29, 1.82) is 0 Å². The second-order valence-electron chi connectivity index (χ2n) is 8.22. The van der Waals surface area contributed by atoms with Crippen molar-refractivity contribution >= 4 is 16.1 Å². The Kier molecular flexibility index (Phi) is 4.20. The van der Waals surface area contributed by atoms with E-state index in [0.29, 0.717) is 0 Å². The molecule has 4 aliphatic carbocycles. The predicted molar refractivity (Wildman–Crippen MR) is 76.7 cm³/mol. The van der Waals surface area contributed by atoms with Gasteiger partial charge in [-0.3, -0.25) is 4.74 Å². The maximum atomic E-state index is 13.9. The van der Waals surface area contributed by atoms with Crippen molar-refractivity contribution in [2.75, 3.05) is 6.61 Å². The van der Waals surface area contributed by atoms with Gasteiger partial charge < -0.3 is 14.0 Å². The van der Waals surface area contributed by atoms with Crippen LogP contribution in [0.2, 0.25) is 0 Å². The van der Waals surface area contributed by atoms with Crippen LogP contribution in [0.15, 0.2) is 0 Å². The minimum absolute atomic E-state index is 0.0450. The van der Waals surface area contributed by atoms with Crippen LogP contribution in [0.5, 0.6) is 0 Å². The highest BCUT2D eigenvalue weighted by molar-refractivity contribution is 7.87. The Bertz CT molecular complexity index is 828. The van der Waals surface area contributed by atoms with Crippen LogP contribution >= 0.6 is 0 Å². The van der Waals surface area contributed by atoms with E-state index in [-0.39, 0.29) is 38.0 Å². The summed E-state index contributed by atoms with van der Waals surface area (Å²) in [5, 5.41) is -5.32. The van der Waals surface area contributed by atoms with E-state index in [1.54, 1.807) is 0 Å². The van der Waals surface area contributed by atoms with Crippen LogP contribution in [-0.2, 0) is 29.1 Å². The second-order valence-corrected chi connectivity index (χ2v) is 9.64. The summed E-state index contributed by atoms with van der Waals surface area (Å²) in [6, 6.07) is 0. The SMILES string of the molecule is O=C(OC12CC3CC(C1)C1(OCC(F)(F)C(F)(F)O1)C(C3)C2)C(F)(F)S(=O)(=O)[O-]. The van der Waals surface area contributed by atoms with Gasteiger partial charge in [0, 0.05) is 11.8 Å². The van der Waals surface area contributed by atoms with Gasteiger partial charge in [0.15, 0.2) is 15.9 Å². The molecule has 4 bridgehead atoms. The maximum Gasteiger partial charge on any atom is 0.428 e. The molecule has 0 radical (unpaired) electrons. The van der Waals surface area contributed by atoms with Gasteiger partial charge in [0.1, 0.15) is 12.2 Å². The van der Waals surface area contributed by atoms with Crippen LogP contribution in [0.25, 0.3) is 0 Å². The van der Waals surface area contributed by atoms with E-state index in [4.69, 9.17) is 9.47 Å². The zero-order valence-electron chi connectivity index (χ0n) is 14.5. The van der Waals surface area contributed by atoms with Crippen molar-refractivity contribution in [1.82, 2.24) is 0 Å². The summed E-state index contributed by atoms with van der Waals surface area (Å²) in [6.07, 6.45) is -5.05. The number of rotatable bonds is 3. The fraction of sp³-hybridized carbons (Fsp3) is 0.933. The van der Waals surface area contributed by atoms with Crippen LogP contribution in [0.4, 0.5) is 26.3 Å². The fourth-order valence-electron chi connectivity index (χ4n) is 5.33. The fourth-order valence-corrected chi connectivity index (χ4v) is 5.58. The minimum Gasteiger partial charge on any atom is -0.743 e. The van der Waals surface area contributed by atoms with Crippen molar-refractivity contribution in [3.05, 3.63) is 0 Å². The average molecular weight is 453 g/mol. The van der Waals surface area contributed by atoms with Gasteiger partial charge in [-0.15, -0.1) is 0 Å². The van der Waals surface area contributed by atoms with Crippen molar-refractivity contribution in [2.24, 2.45) is 17.8 Å². The summed E-state index contributed by atoms with van der Waals surface area (Å²) < 4.78 is 128. The quantitative estimate of drug-likeness (QED) is 0.367. The molecule has 1 heterocycles. The zero-order chi connectivity index (χ0) is 21.7. The first-order chi connectivity index (χ1) is 13.0. The lowest BCUT2D eigenvalue weighted by atomic mass is 9.51. The molecule has 2 atom stereocenters. The molecule has 4 saturated carbocycles. The van der Waals surface area contributed by atoms with Gasteiger partial charge in [-0.25, -0.2) is 13.2 Å². The molecule has 29 heavy (non-hydrogen) atoms. The molecule has 1 aliphatic heterocycles. The first-order valence-electron chi connectivity index (χ1n) is 8.70. The number of carbonyl (C=O) groups is 1. The highest BCUT2D eigenvalue weighted by atomic mass is 32.2. The van der Waals surface area contributed by atoms with Crippen molar-refractivity contribution in [2.45, 2.75) is 60.8 Å². The summed E-state index contributed by atoms with van der Waals surface area (Å²) in [4.78, 5) is 11.7. The Morgan fingerprint density at radius 1 is 1.07 bits per heavy atom. The first kappa shape index (κ1) is 21.1. The lowest BCUT2D eigenvalue weighted by molar-refractivity contribution is -0.509. The molecule has 5 aliphatic rings. The molecule has 5 rings (SSSR count). The van der Waals surface area contributed by atoms with Crippen LogP contribution in [0.1, 0.15) is 32.1 Å². The third-order valence-corrected chi connectivity index (χ3v) is 7.12. The van der Waals surface area contributed by atoms with E-state index < -0.39 is 63.2 Å². The number of alkyl halides is 6. The lowest BCUT2D eigenvalue weighted by Crippen LogP contribution is -2.72. The van der Waals surface area contributed by atoms with Gasteiger partial charge in [-0.05, 0) is 38.0 Å². The van der Waals surface area contributed by atoms with Crippen LogP contribution in [0.3, 0.4) is 0 Å². The van der Waals surface area contributed by atoms with E-state index in [1.165, 1.54) is 0 Å². The molecule has 1 saturated heterocycles. The zero-order valence-corrected chi connectivity index (χ0v) is 15.3. The van der Waals surface area contributed by atoms with Gasteiger partial charge in [-0.2, -0.15) is 26.3 Å². The lowest BCUT2D eigenvalue weighted by Gasteiger charge is -2.64. The summed E-state index contributed by atoms with van der Waals surface area (Å²) in [5.74, 6) is -11.4. The highest BCUT2D eigenvalue weighted by Crippen LogP contribution is 2.65. The number of halogens is 6. The molecule has 166 valence electrons. The Morgan fingerprint density at radius 2 is 1.62 bits per heavy atom. The molecule has 2 unspecified atom stereocenters. The third-order valence-electron chi connectivity index (χ3n) is 6.32. The summed E-state index contributed by atoms with van der Waals surface area (Å²) in [7, 11) is -6.33. The molecule has 0 N–H and O–H groups in total. The van der Waals surface area contributed by atoms with E-state index in [1.807, 2.05) is 0 Å². The van der Waals surface area contributed by atoms with Gasteiger partial charge >= 0.3 is 23.3 Å². The summed E-state index contributed by atoms with van der Waals surface area (Å²) >= 11 is 0. The normalized spacial score (nSPS) is 42.8. The summed E-state index contributed by atoms with van der Waals surface area (Å²) in [5.41, 5.74) is -1.64. The number of carbonyl (C=O) groups excluding carboxylic acids is 1. The second kappa shape index (κ2) is 5.77. The number of esters is 1. The number of hydrogen-bond donors (Lipinski definition) is 0. The van der Waals surface area contributed by atoms with Crippen molar-refractivity contribution in [3.63, 3.8) is 0 Å². The predicted octanol–water partition coefficient (Wildman–Crippen LogP) is 2.22. The standard InChI is InChI=1S/C15H16F6O7S/c16-12(17)6-26-13(28-15(12,20)21)8-1-7-2-9(13)5-11(3-7,4-8)27-10(22)14(18,19)29(23,24)25/h7-9H,1-6H2,(H,23,24,25)/p-1. The largest absolute Gasteiger partial charge is 0.743 e. The molecule has 5 fully saturated rings. The van der Waals surface area contributed by atoms with E-state index in [2.05, 4.69) is 4.74 Å². The maximum absolute atomic E-state index is 13.9. The Balaban J connectivity index is 1.60. The van der Waals surface area contributed by atoms with Crippen molar-refractivity contribution < 1.29 is 58.3 Å². The number of ether oxygens (including phenoxy) is 3. The Labute approximate surface area is 160 Å². The molecule has 0 aromatic heterocycles. The molecule has 1 spiro atoms. The molecule has 7 nitrogen and oxygen atoms in total. The van der Waals surface area contributed by atoms with Gasteiger partial charge in [0.05, 0.1) is 0 Å². The van der Waals surface area contributed by atoms with Gasteiger partial charge in [0.2, 0.25) is 0 Å². The Hall–Kier alpha value is -1.12. The van der Waals surface area contributed by atoms with Crippen molar-refractivity contribution in [3.8, 4) is 0 Å². The van der Waals surface area contributed by atoms with E-state index >= 15 is 0 Å². The topological polar surface area (TPSA) is 102 Å². The summed E-state index contributed by atoms with van der Waals surface area (Å²) in [6.45, 7) is -1.60. The highest BCUT2D eigenvalue weighted by Gasteiger charge is 2.74. The minimum atomic E-state index is -6.33. The molecule has 14 heteroatoms. The first-order valence-corrected chi connectivity index (χ1v) is 10.1. The Morgan fingerprint density at radius 3 is 2.10 bits per heavy atom. The van der Waals surface area contributed by atoms with E-state index in [9.17, 15) is 44.1 Å². The smallest absolute Gasteiger partial charge is 0.428 e. The van der Waals surface area contributed by atoms with Crippen LogP contribution in [-0.4, -0.2) is 54.2 Å². The molecule has 0 amide bonds. The average Bonchev–Trinajstić information content (AvgIpc) is 2.54. The van der Waals surface area contributed by atoms with Crippen LogP contribution in [0, 0.1) is 17.8 Å². The van der Waals surface area contributed by atoms with E-state index in [0.717, 1.165) is 0 Å². The molecule has 0 aromatic carbocycles. The monoisotopic (exact) mass is 453 g/mol. The van der Waals surface area contributed by atoms with Crippen LogP contribution < -0.4 is 0 Å². The van der Waals surface area contributed by atoms with Gasteiger partial charge in [0.25, 0.3) is 0 Å². The molecular weight excluding hydrogens is 438 g/mol.